The summed E-state index contributed by atoms with van der Waals surface area (Å²) in [5.41, 5.74) is 8.40. The second-order valence-electron chi connectivity index (χ2n) is 7.19. The Morgan fingerprint density at radius 3 is 2.32 bits per heavy atom. The number of hydrazine groups is 1. The number of amides is 1. The van der Waals surface area contributed by atoms with Gasteiger partial charge in [0.05, 0.1) is 7.11 Å². The molecule has 2 unspecified atom stereocenters. The van der Waals surface area contributed by atoms with Crippen LogP contribution < -0.4 is 20.5 Å². The van der Waals surface area contributed by atoms with Crippen molar-refractivity contribution in [1.82, 2.24) is 15.8 Å². The van der Waals surface area contributed by atoms with Gasteiger partial charge in [0.25, 0.3) is 0 Å². The summed E-state index contributed by atoms with van der Waals surface area (Å²) in [6, 6.07) is 14.2. The Balaban J connectivity index is 1.31. The third-order valence-electron chi connectivity index (χ3n) is 5.50. The van der Waals surface area contributed by atoms with Gasteiger partial charge in [-0.2, -0.15) is 0 Å². The van der Waals surface area contributed by atoms with Crippen molar-refractivity contribution in [2.45, 2.75) is 18.5 Å². The van der Waals surface area contributed by atoms with Crippen molar-refractivity contribution in [3.05, 3.63) is 59.9 Å². The van der Waals surface area contributed by atoms with E-state index < -0.39 is 0 Å². The summed E-state index contributed by atoms with van der Waals surface area (Å²) in [6.07, 6.45) is 0.656. The molecule has 7 heteroatoms. The largest absolute Gasteiger partial charge is 0.497 e. The summed E-state index contributed by atoms with van der Waals surface area (Å²) in [4.78, 5) is 17.1. The second kappa shape index (κ2) is 8.16. The molecule has 28 heavy (non-hydrogen) atoms. The molecule has 2 fully saturated rings. The average Bonchev–Trinajstić information content (AvgIpc) is 3.24. The van der Waals surface area contributed by atoms with Gasteiger partial charge >= 0.3 is 0 Å². The van der Waals surface area contributed by atoms with Crippen LogP contribution in [0.2, 0.25) is 0 Å². The normalized spacial score (nSPS) is 22.4. The molecule has 0 radical (unpaired) electrons. The lowest BCUT2D eigenvalue weighted by Gasteiger charge is -2.37. The molecule has 2 aromatic carbocycles. The van der Waals surface area contributed by atoms with E-state index in [2.05, 4.69) is 15.8 Å². The molecule has 2 N–H and O–H groups in total. The number of piperazine rings is 1. The summed E-state index contributed by atoms with van der Waals surface area (Å²) in [5.74, 6) is 0.705. The minimum atomic E-state index is -0.261. The molecular formula is C21H25FN4O2. The van der Waals surface area contributed by atoms with Gasteiger partial charge in [0.1, 0.15) is 17.6 Å². The predicted molar refractivity (Wildman–Crippen MR) is 106 cm³/mol. The number of carbonyl (C=O) groups is 1. The number of nitrogens with one attached hydrogen (secondary N) is 2. The minimum Gasteiger partial charge on any atom is -0.497 e. The Hall–Kier alpha value is -2.64. The summed E-state index contributed by atoms with van der Waals surface area (Å²) >= 11 is 0. The van der Waals surface area contributed by atoms with E-state index in [4.69, 9.17) is 4.74 Å². The number of carbonyl (C=O) groups excluding carboxylic acids is 1. The van der Waals surface area contributed by atoms with Gasteiger partial charge in [-0.15, -0.1) is 0 Å². The molecule has 2 saturated heterocycles. The van der Waals surface area contributed by atoms with Gasteiger partial charge in [-0.25, -0.2) is 15.2 Å². The fourth-order valence-corrected chi connectivity index (χ4v) is 3.83. The van der Waals surface area contributed by atoms with Crippen molar-refractivity contribution in [2.24, 2.45) is 0 Å². The number of anilines is 1. The van der Waals surface area contributed by atoms with Gasteiger partial charge in [-0.3, -0.25) is 4.79 Å². The van der Waals surface area contributed by atoms with Crippen LogP contribution in [0.3, 0.4) is 0 Å². The van der Waals surface area contributed by atoms with Crippen LogP contribution in [0.15, 0.2) is 48.5 Å². The van der Waals surface area contributed by atoms with Crippen LogP contribution in [0, 0.1) is 5.82 Å². The molecule has 0 aromatic heterocycles. The van der Waals surface area contributed by atoms with Crippen LogP contribution in [0.1, 0.15) is 18.0 Å². The number of methoxy groups -OCH3 is 1. The number of hydrogen-bond donors (Lipinski definition) is 2. The first kappa shape index (κ1) is 18.7. The molecule has 1 amide bonds. The lowest BCUT2D eigenvalue weighted by Crippen LogP contribution is -2.53. The zero-order valence-corrected chi connectivity index (χ0v) is 15.9. The molecule has 2 atom stereocenters. The quantitative estimate of drug-likeness (QED) is 0.846. The number of ether oxygens (including phenoxy) is 1. The molecule has 6 nitrogen and oxygen atoms in total. The molecule has 2 heterocycles. The van der Waals surface area contributed by atoms with Gasteiger partial charge in [0.2, 0.25) is 5.91 Å². The SMILES string of the molecule is COc1ccc(N2CCN(C(=O)C3CC(c4ccc(F)cc4)NN3)CC2)cc1. The minimum absolute atomic E-state index is 0.00939. The maximum Gasteiger partial charge on any atom is 0.241 e. The molecule has 0 saturated carbocycles. The molecule has 0 aliphatic carbocycles. The van der Waals surface area contributed by atoms with Gasteiger partial charge in [0, 0.05) is 37.9 Å². The molecular weight excluding hydrogens is 359 g/mol. The molecule has 148 valence electrons. The van der Waals surface area contributed by atoms with Gasteiger partial charge in [0.15, 0.2) is 0 Å². The number of hydrogen-bond acceptors (Lipinski definition) is 5. The first-order valence-electron chi connectivity index (χ1n) is 9.58. The highest BCUT2D eigenvalue weighted by Gasteiger charge is 2.34. The second-order valence-corrected chi connectivity index (χ2v) is 7.19. The van der Waals surface area contributed by atoms with Crippen molar-refractivity contribution in [1.29, 1.82) is 0 Å². The number of halogens is 1. The predicted octanol–water partition coefficient (Wildman–Crippen LogP) is 2.09. The number of nitrogens with zero attached hydrogens (tertiary/aromatic N) is 2. The monoisotopic (exact) mass is 384 g/mol. The lowest BCUT2D eigenvalue weighted by atomic mass is 10.0. The first-order chi connectivity index (χ1) is 13.6. The molecule has 2 aromatic rings. The highest BCUT2D eigenvalue weighted by molar-refractivity contribution is 5.82. The van der Waals surface area contributed by atoms with E-state index in [1.165, 1.54) is 12.1 Å². The van der Waals surface area contributed by atoms with Crippen LogP contribution in [0.25, 0.3) is 0 Å². The Morgan fingerprint density at radius 1 is 1.00 bits per heavy atom. The maximum atomic E-state index is 13.1. The fourth-order valence-electron chi connectivity index (χ4n) is 3.83. The van der Waals surface area contributed by atoms with Crippen molar-refractivity contribution in [3.63, 3.8) is 0 Å². The summed E-state index contributed by atoms with van der Waals surface area (Å²) in [6.45, 7) is 3.01. The smallest absolute Gasteiger partial charge is 0.241 e. The average molecular weight is 384 g/mol. The summed E-state index contributed by atoms with van der Waals surface area (Å²) in [7, 11) is 1.66. The zero-order chi connectivity index (χ0) is 19.5. The molecule has 2 aliphatic rings. The highest BCUT2D eigenvalue weighted by atomic mass is 19.1. The summed E-state index contributed by atoms with van der Waals surface area (Å²) in [5, 5.41) is 0. The van der Waals surface area contributed by atoms with E-state index in [-0.39, 0.29) is 23.8 Å². The molecule has 0 spiro atoms. The van der Waals surface area contributed by atoms with Crippen LogP contribution >= 0.6 is 0 Å². The number of benzene rings is 2. The Labute approximate surface area is 164 Å². The van der Waals surface area contributed by atoms with Crippen LogP contribution in [-0.4, -0.2) is 50.1 Å². The molecule has 0 bridgehead atoms. The Kier molecular flexibility index (Phi) is 5.45. The molecule has 2 aliphatic heterocycles. The Morgan fingerprint density at radius 2 is 1.68 bits per heavy atom. The van der Waals surface area contributed by atoms with E-state index >= 15 is 0 Å². The van der Waals surface area contributed by atoms with E-state index in [0.717, 1.165) is 30.1 Å². The number of rotatable bonds is 4. The molecule has 4 rings (SSSR count). The fraction of sp³-hybridized carbons (Fsp3) is 0.381. The van der Waals surface area contributed by atoms with E-state index in [9.17, 15) is 9.18 Å². The maximum absolute atomic E-state index is 13.1. The van der Waals surface area contributed by atoms with Gasteiger partial charge < -0.3 is 14.5 Å². The van der Waals surface area contributed by atoms with Crippen molar-refractivity contribution < 1.29 is 13.9 Å². The van der Waals surface area contributed by atoms with Crippen molar-refractivity contribution >= 4 is 11.6 Å². The van der Waals surface area contributed by atoms with Crippen LogP contribution in [0.4, 0.5) is 10.1 Å². The van der Waals surface area contributed by atoms with Crippen LogP contribution in [-0.2, 0) is 4.79 Å². The zero-order valence-electron chi connectivity index (χ0n) is 15.9. The summed E-state index contributed by atoms with van der Waals surface area (Å²) < 4.78 is 18.3. The Bertz CT molecular complexity index is 804. The standard InChI is InChI=1S/C21H25FN4O2/c1-28-18-8-6-17(7-9-18)25-10-12-26(13-11-25)21(27)20-14-19(23-24-20)15-2-4-16(22)5-3-15/h2-9,19-20,23-24H,10-14H2,1H3. The van der Waals surface area contributed by atoms with Crippen LogP contribution in [0.5, 0.6) is 5.75 Å². The highest BCUT2D eigenvalue weighted by Crippen LogP contribution is 2.25. The van der Waals surface area contributed by atoms with E-state index in [1.54, 1.807) is 19.2 Å². The van der Waals surface area contributed by atoms with E-state index in [0.29, 0.717) is 19.5 Å². The van der Waals surface area contributed by atoms with Gasteiger partial charge in [-0.05, 0) is 48.4 Å². The first-order valence-corrected chi connectivity index (χ1v) is 9.58. The topological polar surface area (TPSA) is 56.8 Å². The lowest BCUT2D eigenvalue weighted by molar-refractivity contribution is -0.133. The van der Waals surface area contributed by atoms with Crippen molar-refractivity contribution in [2.75, 3.05) is 38.2 Å². The van der Waals surface area contributed by atoms with E-state index in [1.807, 2.05) is 29.2 Å². The third-order valence-corrected chi connectivity index (χ3v) is 5.50. The van der Waals surface area contributed by atoms with Gasteiger partial charge in [-0.1, -0.05) is 12.1 Å². The third kappa shape index (κ3) is 3.95. The van der Waals surface area contributed by atoms with Crippen molar-refractivity contribution in [3.8, 4) is 5.75 Å².